The number of anilines is 1. The van der Waals surface area contributed by atoms with E-state index >= 15 is 0 Å². The summed E-state index contributed by atoms with van der Waals surface area (Å²) in [4.78, 5) is 12.6. The Balaban J connectivity index is 1.53. The van der Waals surface area contributed by atoms with Gasteiger partial charge in [0.1, 0.15) is 24.1 Å². The molecule has 22 heavy (non-hydrogen) atoms. The van der Waals surface area contributed by atoms with Crippen LogP contribution in [0.5, 0.6) is 5.75 Å². The van der Waals surface area contributed by atoms with Gasteiger partial charge in [-0.15, -0.1) is 0 Å². The van der Waals surface area contributed by atoms with Crippen molar-refractivity contribution in [3.63, 3.8) is 0 Å². The Morgan fingerprint density at radius 2 is 2.18 bits per heavy atom. The van der Waals surface area contributed by atoms with Crippen LogP contribution >= 0.6 is 0 Å². The number of carbonyl (C=O) groups is 1. The maximum Gasteiger partial charge on any atom is 0.236 e. The zero-order chi connectivity index (χ0) is 15.1. The summed E-state index contributed by atoms with van der Waals surface area (Å²) in [5.41, 5.74) is 0.960. The molecule has 2 atom stereocenters. The molecule has 1 saturated carbocycles. The Morgan fingerprint density at radius 3 is 3.00 bits per heavy atom. The topological polar surface area (TPSA) is 56.2 Å². The molecule has 2 aliphatic rings. The predicted octanol–water partition coefficient (Wildman–Crippen LogP) is 2.97. The summed E-state index contributed by atoms with van der Waals surface area (Å²) in [6.07, 6.45) is 4.24. The van der Waals surface area contributed by atoms with Crippen molar-refractivity contribution in [1.29, 1.82) is 0 Å². The Morgan fingerprint density at radius 1 is 1.36 bits per heavy atom. The molecule has 5 heteroatoms. The van der Waals surface area contributed by atoms with Gasteiger partial charge in [-0.05, 0) is 31.7 Å². The zero-order valence-electron chi connectivity index (χ0n) is 12.5. The van der Waals surface area contributed by atoms with Gasteiger partial charge in [0.05, 0.1) is 12.2 Å². The highest BCUT2D eigenvalue weighted by atomic mass is 16.5. The Kier molecular flexibility index (Phi) is 3.13. The van der Waals surface area contributed by atoms with Crippen molar-refractivity contribution in [2.45, 2.75) is 31.7 Å². The quantitative estimate of drug-likeness (QED) is 0.944. The van der Waals surface area contributed by atoms with Crippen LogP contribution in [0.3, 0.4) is 0 Å². The highest BCUT2D eigenvalue weighted by Gasteiger charge is 2.33. The number of ether oxygens (including phenoxy) is 1. The summed E-state index contributed by atoms with van der Waals surface area (Å²) in [6, 6.07) is 9.91. The fourth-order valence-corrected chi connectivity index (χ4v) is 3.11. The van der Waals surface area contributed by atoms with Gasteiger partial charge < -0.3 is 10.1 Å². The summed E-state index contributed by atoms with van der Waals surface area (Å²) >= 11 is 0. The van der Waals surface area contributed by atoms with Crippen molar-refractivity contribution in [3.05, 3.63) is 42.1 Å². The van der Waals surface area contributed by atoms with E-state index in [0.29, 0.717) is 18.6 Å². The van der Waals surface area contributed by atoms with E-state index in [0.717, 1.165) is 17.1 Å². The van der Waals surface area contributed by atoms with Crippen LogP contribution in [0.25, 0.3) is 0 Å². The third kappa shape index (κ3) is 2.26. The zero-order valence-corrected chi connectivity index (χ0v) is 12.5. The summed E-state index contributed by atoms with van der Waals surface area (Å²) in [5.74, 6) is 1.98. The molecule has 0 unspecified atom stereocenters. The molecular weight excluding hydrogens is 278 g/mol. The molecule has 114 valence electrons. The Hall–Kier alpha value is -2.30. The lowest BCUT2D eigenvalue weighted by molar-refractivity contribution is -0.117. The minimum absolute atomic E-state index is 0.0327. The maximum absolute atomic E-state index is 12.6. The number of carbonyl (C=O) groups excluding carboxylic acids is 1. The van der Waals surface area contributed by atoms with E-state index in [9.17, 15) is 4.79 Å². The van der Waals surface area contributed by atoms with Crippen LogP contribution in [0, 0.1) is 5.92 Å². The molecule has 0 radical (unpaired) electrons. The van der Waals surface area contributed by atoms with E-state index in [1.807, 2.05) is 35.0 Å². The Bertz CT molecular complexity index is 705. The van der Waals surface area contributed by atoms with E-state index in [-0.39, 0.29) is 11.8 Å². The molecular formula is C17H19N3O2. The van der Waals surface area contributed by atoms with E-state index in [2.05, 4.69) is 17.3 Å². The summed E-state index contributed by atoms with van der Waals surface area (Å²) in [5, 5.41) is 7.39. The predicted molar refractivity (Wildman–Crippen MR) is 83.0 cm³/mol. The molecule has 2 heterocycles. The standard InChI is InChI=1S/C17H19N3O2/c1-11(12-6-7-12)20-16(8-9-18-20)19-17(21)14-10-22-15-5-3-2-4-13(14)15/h2-5,8-9,11-12,14H,6-7,10H2,1H3,(H,19,21)/t11-,14-/m0/s1. The van der Waals surface area contributed by atoms with Crippen LogP contribution in [0.4, 0.5) is 5.82 Å². The number of amides is 1. The number of hydrogen-bond acceptors (Lipinski definition) is 3. The molecule has 0 bridgehead atoms. The molecule has 1 aromatic heterocycles. The van der Waals surface area contributed by atoms with E-state index in [1.165, 1.54) is 12.8 Å². The third-order valence-corrected chi connectivity index (χ3v) is 4.63. The SMILES string of the molecule is C[C@@H](C1CC1)n1nccc1NC(=O)[C@H]1COc2ccccc21. The van der Waals surface area contributed by atoms with Crippen molar-refractivity contribution in [2.75, 3.05) is 11.9 Å². The number of aromatic nitrogens is 2. The summed E-state index contributed by atoms with van der Waals surface area (Å²) < 4.78 is 7.52. The number of rotatable bonds is 4. The molecule has 2 aromatic rings. The van der Waals surface area contributed by atoms with Crippen LogP contribution in [0.2, 0.25) is 0 Å². The maximum atomic E-state index is 12.6. The number of benzene rings is 1. The van der Waals surface area contributed by atoms with Crippen LogP contribution < -0.4 is 10.1 Å². The molecule has 1 amide bonds. The lowest BCUT2D eigenvalue weighted by Gasteiger charge is -2.16. The molecule has 1 aliphatic heterocycles. The first kappa shape index (κ1) is 13.4. The van der Waals surface area contributed by atoms with Crippen molar-refractivity contribution in [2.24, 2.45) is 5.92 Å². The molecule has 0 saturated heterocycles. The second kappa shape index (κ2) is 5.16. The van der Waals surface area contributed by atoms with Gasteiger partial charge in [0.15, 0.2) is 0 Å². The average molecular weight is 297 g/mol. The van der Waals surface area contributed by atoms with E-state index < -0.39 is 0 Å². The first-order valence-electron chi connectivity index (χ1n) is 7.80. The summed E-state index contributed by atoms with van der Waals surface area (Å²) in [7, 11) is 0. The minimum atomic E-state index is -0.254. The number of hydrogen-bond donors (Lipinski definition) is 1. The molecule has 1 fully saturated rings. The van der Waals surface area contributed by atoms with Gasteiger partial charge in [-0.25, -0.2) is 4.68 Å². The second-order valence-electron chi connectivity index (χ2n) is 6.13. The molecule has 4 rings (SSSR count). The van der Waals surface area contributed by atoms with Crippen molar-refractivity contribution >= 4 is 11.7 Å². The van der Waals surface area contributed by atoms with Crippen molar-refractivity contribution < 1.29 is 9.53 Å². The van der Waals surface area contributed by atoms with Gasteiger partial charge in [0, 0.05) is 11.6 Å². The van der Waals surface area contributed by atoms with Gasteiger partial charge in [-0.2, -0.15) is 5.10 Å². The fraction of sp³-hybridized carbons (Fsp3) is 0.412. The van der Waals surface area contributed by atoms with E-state index in [1.54, 1.807) is 6.20 Å². The van der Waals surface area contributed by atoms with Crippen LogP contribution in [0.15, 0.2) is 36.5 Å². The normalized spacial score (nSPS) is 21.0. The number of fused-ring (bicyclic) bond motifs is 1. The van der Waals surface area contributed by atoms with Gasteiger partial charge >= 0.3 is 0 Å². The highest BCUT2D eigenvalue weighted by Crippen LogP contribution is 2.40. The average Bonchev–Trinajstić information content (AvgIpc) is 3.13. The lowest BCUT2D eigenvalue weighted by Crippen LogP contribution is -2.24. The van der Waals surface area contributed by atoms with Crippen molar-refractivity contribution in [1.82, 2.24) is 9.78 Å². The van der Waals surface area contributed by atoms with E-state index in [4.69, 9.17) is 4.74 Å². The Labute approximate surface area is 129 Å². The van der Waals surface area contributed by atoms with Crippen LogP contribution in [-0.4, -0.2) is 22.3 Å². The number of para-hydroxylation sites is 1. The van der Waals surface area contributed by atoms with Crippen LogP contribution in [-0.2, 0) is 4.79 Å². The molecule has 1 aromatic carbocycles. The molecule has 1 N–H and O–H groups in total. The fourth-order valence-electron chi connectivity index (χ4n) is 3.11. The van der Waals surface area contributed by atoms with Crippen molar-refractivity contribution in [3.8, 4) is 5.75 Å². The van der Waals surface area contributed by atoms with Gasteiger partial charge in [0.25, 0.3) is 0 Å². The molecule has 5 nitrogen and oxygen atoms in total. The lowest BCUT2D eigenvalue weighted by atomic mass is 10.0. The van der Waals surface area contributed by atoms with Gasteiger partial charge in [0.2, 0.25) is 5.91 Å². The number of nitrogens with zero attached hydrogens (tertiary/aromatic N) is 2. The monoisotopic (exact) mass is 297 g/mol. The smallest absolute Gasteiger partial charge is 0.236 e. The molecule has 1 aliphatic carbocycles. The number of nitrogens with one attached hydrogen (secondary N) is 1. The van der Waals surface area contributed by atoms with Gasteiger partial charge in [-0.3, -0.25) is 4.79 Å². The third-order valence-electron chi connectivity index (χ3n) is 4.63. The summed E-state index contributed by atoms with van der Waals surface area (Å²) in [6.45, 7) is 2.56. The minimum Gasteiger partial charge on any atom is -0.492 e. The van der Waals surface area contributed by atoms with Crippen LogP contribution in [0.1, 0.15) is 37.3 Å². The first-order valence-corrected chi connectivity index (χ1v) is 7.80. The second-order valence-corrected chi connectivity index (χ2v) is 6.13. The molecule has 0 spiro atoms. The van der Waals surface area contributed by atoms with Gasteiger partial charge in [-0.1, -0.05) is 18.2 Å². The largest absolute Gasteiger partial charge is 0.492 e. The first-order chi connectivity index (χ1) is 10.7. The highest BCUT2D eigenvalue weighted by molar-refractivity contribution is 5.96.